The van der Waals surface area contributed by atoms with E-state index in [1.54, 1.807) is 6.33 Å². The lowest BCUT2D eigenvalue weighted by atomic mass is 9.96. The van der Waals surface area contributed by atoms with E-state index < -0.39 is 11.4 Å². The van der Waals surface area contributed by atoms with E-state index in [1.165, 1.54) is 0 Å². The van der Waals surface area contributed by atoms with E-state index in [2.05, 4.69) is 28.8 Å². The van der Waals surface area contributed by atoms with Gasteiger partial charge in [0.25, 0.3) is 0 Å². The number of esters is 1. The second-order valence-electron chi connectivity index (χ2n) is 13.7. The highest BCUT2D eigenvalue weighted by atomic mass is 35.5. The number of likely N-dealkylation sites (N-methyl/N-ethyl adjacent to an activating group) is 1. The molecule has 0 saturated carbocycles. The topological polar surface area (TPSA) is 85.6 Å². The maximum Gasteiger partial charge on any atom is 0.319 e. The highest BCUT2D eigenvalue weighted by Gasteiger charge is 2.30. The van der Waals surface area contributed by atoms with Crippen LogP contribution in [-0.2, 0) is 17.9 Å². The van der Waals surface area contributed by atoms with Gasteiger partial charge in [0.15, 0.2) is 0 Å². The molecule has 0 aliphatic carbocycles. The fourth-order valence-electron chi connectivity index (χ4n) is 6.49. The van der Waals surface area contributed by atoms with Crippen LogP contribution in [0.1, 0.15) is 46.2 Å². The lowest BCUT2D eigenvalue weighted by Crippen LogP contribution is -2.41. The number of hydrogen-bond donors (Lipinski definition) is 0. The van der Waals surface area contributed by atoms with Crippen LogP contribution in [0.5, 0.6) is 11.8 Å². The van der Waals surface area contributed by atoms with Crippen molar-refractivity contribution in [3.8, 4) is 22.9 Å². The number of benzene rings is 3. The summed E-state index contributed by atoms with van der Waals surface area (Å²) in [6.07, 6.45) is 3.73. The Kier molecular flexibility index (Phi) is 8.04. The molecule has 0 bridgehead atoms. The van der Waals surface area contributed by atoms with Crippen LogP contribution in [0.3, 0.4) is 0 Å². The summed E-state index contributed by atoms with van der Waals surface area (Å²) in [4.78, 5) is 31.0. The van der Waals surface area contributed by atoms with Crippen LogP contribution < -0.4 is 14.4 Å². The third-order valence-corrected chi connectivity index (χ3v) is 9.56. The highest BCUT2D eigenvalue weighted by Crippen LogP contribution is 2.40. The normalized spacial score (nSPS) is 18.6. The van der Waals surface area contributed by atoms with Gasteiger partial charge < -0.3 is 23.8 Å². The smallest absolute Gasteiger partial charge is 0.319 e. The summed E-state index contributed by atoms with van der Waals surface area (Å²) in [6, 6.07) is 15.9. The van der Waals surface area contributed by atoms with Gasteiger partial charge in [-0.1, -0.05) is 29.8 Å². The van der Waals surface area contributed by atoms with Gasteiger partial charge in [0.1, 0.15) is 18.2 Å². The maximum absolute atomic E-state index is 14.7. The molecule has 0 spiro atoms. The first-order valence-electron chi connectivity index (χ1n) is 16.0. The second-order valence-corrected chi connectivity index (χ2v) is 14.1. The Balaban J connectivity index is 1.35. The zero-order chi connectivity index (χ0) is 33.0. The zero-order valence-corrected chi connectivity index (χ0v) is 28.0. The maximum atomic E-state index is 14.7. The Labute approximate surface area is 278 Å². The average Bonchev–Trinajstić information content (AvgIpc) is 3.61. The minimum atomic E-state index is -0.671. The molecule has 0 unspecified atom stereocenters. The summed E-state index contributed by atoms with van der Waals surface area (Å²) in [5.74, 6) is 0.304. The fourth-order valence-corrected chi connectivity index (χ4v) is 6.77. The average molecular weight is 657 g/mol. The number of carbonyl (C=O) groups excluding carboxylic acids is 1. The van der Waals surface area contributed by atoms with Crippen LogP contribution in [0, 0.1) is 11.4 Å². The SMILES string of the molecule is C[C@@H]1Cn2cnc(F)c2CN1c1nc(OC[C@@H]2CCCN2C)nc2cc(-c3cc(OC(=O)C(C)(C)C)cc4cccc(Cl)c34)ccc12. The van der Waals surface area contributed by atoms with Gasteiger partial charge in [-0.25, -0.2) is 4.98 Å². The van der Waals surface area contributed by atoms with E-state index in [9.17, 15) is 9.18 Å². The lowest BCUT2D eigenvalue weighted by Gasteiger charge is -2.35. The van der Waals surface area contributed by atoms with Gasteiger partial charge >= 0.3 is 12.0 Å². The molecule has 2 aliphatic heterocycles. The number of carbonyl (C=O) groups is 1. The van der Waals surface area contributed by atoms with E-state index in [4.69, 9.17) is 31.0 Å². The number of aromatic nitrogens is 4. The van der Waals surface area contributed by atoms with E-state index in [0.29, 0.717) is 47.5 Å². The summed E-state index contributed by atoms with van der Waals surface area (Å²) in [5, 5.41) is 3.08. The molecule has 1 saturated heterocycles. The Hall–Kier alpha value is -4.28. The minimum absolute atomic E-state index is 0.0135. The largest absolute Gasteiger partial charge is 0.462 e. The third kappa shape index (κ3) is 6.00. The van der Waals surface area contributed by atoms with Crippen molar-refractivity contribution >= 4 is 45.1 Å². The molecular weight excluding hydrogens is 619 g/mol. The fraction of sp³-hybridized carbons (Fsp3) is 0.389. The molecule has 4 heterocycles. The molecule has 244 valence electrons. The quantitative estimate of drug-likeness (QED) is 0.139. The van der Waals surface area contributed by atoms with Gasteiger partial charge in [-0.05, 0) is 101 Å². The van der Waals surface area contributed by atoms with E-state index in [-0.39, 0.29) is 24.1 Å². The Morgan fingerprint density at radius 2 is 1.96 bits per heavy atom. The molecule has 2 atom stereocenters. The van der Waals surface area contributed by atoms with Crippen LogP contribution in [0.25, 0.3) is 32.8 Å². The molecule has 47 heavy (non-hydrogen) atoms. The number of halogens is 2. The van der Waals surface area contributed by atoms with E-state index in [0.717, 1.165) is 46.7 Å². The van der Waals surface area contributed by atoms with Crippen molar-refractivity contribution in [3.63, 3.8) is 0 Å². The zero-order valence-electron chi connectivity index (χ0n) is 27.3. The number of anilines is 1. The van der Waals surface area contributed by atoms with Crippen LogP contribution in [0.4, 0.5) is 10.2 Å². The first kappa shape index (κ1) is 31.3. The van der Waals surface area contributed by atoms with Gasteiger partial charge in [-0.2, -0.15) is 14.4 Å². The van der Waals surface area contributed by atoms with Crippen molar-refractivity contribution in [3.05, 3.63) is 71.5 Å². The summed E-state index contributed by atoms with van der Waals surface area (Å²) >= 11 is 6.79. The van der Waals surface area contributed by atoms with Crippen molar-refractivity contribution in [1.82, 2.24) is 24.4 Å². The molecule has 0 N–H and O–H groups in total. The molecule has 11 heteroatoms. The molecule has 3 aromatic carbocycles. The van der Waals surface area contributed by atoms with Gasteiger partial charge in [0, 0.05) is 34.4 Å². The number of rotatable bonds is 6. The van der Waals surface area contributed by atoms with Crippen molar-refractivity contribution < 1.29 is 18.7 Å². The van der Waals surface area contributed by atoms with Crippen molar-refractivity contribution in [2.45, 2.75) is 65.7 Å². The summed E-state index contributed by atoms with van der Waals surface area (Å²) in [5.41, 5.74) is 2.16. The summed E-state index contributed by atoms with van der Waals surface area (Å²) < 4.78 is 28.7. The molecular formula is C36H38ClFN6O3. The first-order chi connectivity index (χ1) is 22.5. The molecule has 2 aliphatic rings. The van der Waals surface area contributed by atoms with E-state index >= 15 is 0 Å². The van der Waals surface area contributed by atoms with Crippen LogP contribution >= 0.6 is 11.6 Å². The molecule has 0 amide bonds. The number of ether oxygens (including phenoxy) is 2. The number of fused-ring (bicyclic) bond motifs is 3. The lowest BCUT2D eigenvalue weighted by molar-refractivity contribution is -0.142. The van der Waals surface area contributed by atoms with Gasteiger partial charge in [0.05, 0.1) is 29.5 Å². The summed E-state index contributed by atoms with van der Waals surface area (Å²) in [6.45, 7) is 9.96. The van der Waals surface area contributed by atoms with Crippen molar-refractivity contribution in [2.24, 2.45) is 5.41 Å². The molecule has 5 aromatic rings. The summed E-state index contributed by atoms with van der Waals surface area (Å²) in [7, 11) is 2.11. The Morgan fingerprint density at radius 1 is 1.13 bits per heavy atom. The molecule has 1 fully saturated rings. The van der Waals surface area contributed by atoms with Crippen LogP contribution in [-0.4, -0.2) is 62.7 Å². The van der Waals surface area contributed by atoms with E-state index in [1.807, 2.05) is 73.9 Å². The number of nitrogens with zero attached hydrogens (tertiary/aromatic N) is 6. The molecule has 2 aromatic heterocycles. The van der Waals surface area contributed by atoms with Crippen LogP contribution in [0.15, 0.2) is 54.9 Å². The third-order valence-electron chi connectivity index (χ3n) is 9.25. The first-order valence-corrected chi connectivity index (χ1v) is 16.4. The van der Waals surface area contributed by atoms with Crippen LogP contribution in [0.2, 0.25) is 5.02 Å². The minimum Gasteiger partial charge on any atom is -0.462 e. The molecule has 7 rings (SSSR count). The predicted molar refractivity (Wildman–Crippen MR) is 182 cm³/mol. The number of hydrogen-bond acceptors (Lipinski definition) is 8. The standard InChI is InChI=1S/C36H38ClFN6O3/c1-21-17-43-20-39-32(38)30(43)18-44(21)33-26-12-11-22(15-29(26)40-35(41-33)46-19-24-9-7-13-42(24)5)27-16-25(47-34(45)36(2,3)4)14-23-8-6-10-28(37)31(23)27/h6,8,10-12,14-16,20-21,24H,7,9,13,17-19H2,1-5H3/t21-,24+/m1/s1. The molecule has 0 radical (unpaired) electrons. The monoisotopic (exact) mass is 656 g/mol. The number of likely N-dealkylation sites (tertiary alicyclic amines) is 1. The van der Waals surface area contributed by atoms with Crippen molar-refractivity contribution in [1.29, 1.82) is 0 Å². The predicted octanol–water partition coefficient (Wildman–Crippen LogP) is 7.27. The van der Waals surface area contributed by atoms with Gasteiger partial charge in [-0.3, -0.25) is 4.79 Å². The van der Waals surface area contributed by atoms with Gasteiger partial charge in [-0.15, -0.1) is 0 Å². The van der Waals surface area contributed by atoms with Crippen molar-refractivity contribution in [2.75, 3.05) is 25.1 Å². The highest BCUT2D eigenvalue weighted by molar-refractivity contribution is 6.36. The second kappa shape index (κ2) is 12.1. The number of imidazole rings is 1. The molecule has 9 nitrogen and oxygen atoms in total. The Morgan fingerprint density at radius 3 is 2.72 bits per heavy atom. The Bertz CT molecular complexity index is 2010. The van der Waals surface area contributed by atoms with Gasteiger partial charge in [0.2, 0.25) is 5.95 Å².